The van der Waals surface area contributed by atoms with Gasteiger partial charge in [0.2, 0.25) is 0 Å². The molecule has 2 aromatic rings. The molecule has 5 heteroatoms. The summed E-state index contributed by atoms with van der Waals surface area (Å²) in [6.07, 6.45) is 1.59. The van der Waals surface area contributed by atoms with Crippen LogP contribution in [0.3, 0.4) is 0 Å². The Morgan fingerprint density at radius 3 is 2.56 bits per heavy atom. The molecule has 0 aliphatic heterocycles. The summed E-state index contributed by atoms with van der Waals surface area (Å²) in [4.78, 5) is 11.4. The van der Waals surface area contributed by atoms with Crippen molar-refractivity contribution >= 4 is 11.7 Å². The molecule has 0 amide bonds. The number of rotatable bonds is 4. The lowest BCUT2D eigenvalue weighted by Gasteiger charge is -2.15. The second kappa shape index (κ2) is 4.91. The molecule has 1 aromatic heterocycles. The molecule has 5 nitrogen and oxygen atoms in total. The molecule has 0 bridgehead atoms. The van der Waals surface area contributed by atoms with E-state index >= 15 is 0 Å². The molecule has 0 aliphatic carbocycles. The number of benzene rings is 1. The van der Waals surface area contributed by atoms with Gasteiger partial charge in [0.15, 0.2) is 6.04 Å². The average molecular weight is 245 g/mol. The number of anilines is 1. The van der Waals surface area contributed by atoms with E-state index in [0.29, 0.717) is 5.56 Å². The monoisotopic (exact) mass is 245 g/mol. The Kier molecular flexibility index (Phi) is 3.32. The van der Waals surface area contributed by atoms with Gasteiger partial charge in [0.05, 0.1) is 6.20 Å². The van der Waals surface area contributed by atoms with E-state index in [1.54, 1.807) is 17.9 Å². The minimum Gasteiger partial charge on any atom is -0.479 e. The zero-order valence-corrected chi connectivity index (χ0v) is 10.3. The molecule has 0 fully saturated rings. The maximum Gasteiger partial charge on any atom is 0.330 e. The largest absolute Gasteiger partial charge is 0.479 e. The molecule has 0 saturated carbocycles. The standard InChI is InChI=1S/C13H15N3O2/c1-9-11(8-14-16(9)2)12(13(17)18)15-10-6-4-3-5-7-10/h3-8,12,15H,1-2H3,(H,17,18). The summed E-state index contributed by atoms with van der Waals surface area (Å²) < 4.78 is 1.66. The topological polar surface area (TPSA) is 67.2 Å². The van der Waals surface area contributed by atoms with Gasteiger partial charge in [0.1, 0.15) is 0 Å². The molecule has 0 spiro atoms. The van der Waals surface area contributed by atoms with E-state index in [9.17, 15) is 9.90 Å². The molecular formula is C13H15N3O2. The van der Waals surface area contributed by atoms with Crippen molar-refractivity contribution in [3.8, 4) is 0 Å². The van der Waals surface area contributed by atoms with Crippen LogP contribution >= 0.6 is 0 Å². The summed E-state index contributed by atoms with van der Waals surface area (Å²) in [5.74, 6) is -0.921. The zero-order valence-electron chi connectivity index (χ0n) is 10.3. The molecule has 94 valence electrons. The molecule has 1 unspecified atom stereocenters. The third-order valence-corrected chi connectivity index (χ3v) is 2.92. The number of carboxylic acids is 1. The van der Waals surface area contributed by atoms with E-state index in [2.05, 4.69) is 10.4 Å². The van der Waals surface area contributed by atoms with Crippen LogP contribution in [0.2, 0.25) is 0 Å². The van der Waals surface area contributed by atoms with Crippen LogP contribution in [-0.4, -0.2) is 20.9 Å². The van der Waals surface area contributed by atoms with Gasteiger partial charge in [-0.1, -0.05) is 18.2 Å². The fourth-order valence-corrected chi connectivity index (χ4v) is 1.77. The maximum absolute atomic E-state index is 11.4. The van der Waals surface area contributed by atoms with Gasteiger partial charge in [-0.15, -0.1) is 0 Å². The number of aryl methyl sites for hydroxylation is 1. The van der Waals surface area contributed by atoms with Gasteiger partial charge >= 0.3 is 5.97 Å². The van der Waals surface area contributed by atoms with E-state index in [1.165, 1.54) is 0 Å². The van der Waals surface area contributed by atoms with Crippen molar-refractivity contribution in [2.45, 2.75) is 13.0 Å². The molecule has 2 rings (SSSR count). The number of carboxylic acid groups (broad SMARTS) is 1. The SMILES string of the molecule is Cc1c(C(Nc2ccccc2)C(=O)O)cnn1C. The lowest BCUT2D eigenvalue weighted by molar-refractivity contribution is -0.138. The lowest BCUT2D eigenvalue weighted by atomic mass is 10.1. The Morgan fingerprint density at radius 2 is 2.06 bits per heavy atom. The third kappa shape index (κ3) is 2.34. The molecular weight excluding hydrogens is 230 g/mol. The van der Waals surface area contributed by atoms with Crippen LogP contribution in [-0.2, 0) is 11.8 Å². The van der Waals surface area contributed by atoms with Gasteiger partial charge in [-0.05, 0) is 19.1 Å². The first-order chi connectivity index (χ1) is 8.59. The second-order valence-corrected chi connectivity index (χ2v) is 4.09. The minimum atomic E-state index is -0.921. The molecule has 18 heavy (non-hydrogen) atoms. The van der Waals surface area contributed by atoms with E-state index in [0.717, 1.165) is 11.4 Å². The second-order valence-electron chi connectivity index (χ2n) is 4.09. The van der Waals surface area contributed by atoms with Gasteiger partial charge in [0, 0.05) is 24.0 Å². The van der Waals surface area contributed by atoms with Gasteiger partial charge in [0.25, 0.3) is 0 Å². The van der Waals surface area contributed by atoms with Gasteiger partial charge < -0.3 is 10.4 Å². The van der Waals surface area contributed by atoms with Crippen molar-refractivity contribution in [2.24, 2.45) is 7.05 Å². The summed E-state index contributed by atoms with van der Waals surface area (Å²) in [5, 5.41) is 16.4. The third-order valence-electron chi connectivity index (χ3n) is 2.92. The molecule has 1 atom stereocenters. The van der Waals surface area contributed by atoms with Crippen LogP contribution in [0.5, 0.6) is 0 Å². The highest BCUT2D eigenvalue weighted by atomic mass is 16.4. The van der Waals surface area contributed by atoms with Crippen LogP contribution < -0.4 is 5.32 Å². The zero-order chi connectivity index (χ0) is 13.1. The van der Waals surface area contributed by atoms with E-state index in [-0.39, 0.29) is 0 Å². The Labute approximate surface area is 105 Å². The van der Waals surface area contributed by atoms with Crippen molar-refractivity contribution in [3.05, 3.63) is 47.8 Å². The molecule has 0 saturated heterocycles. The van der Waals surface area contributed by atoms with Crippen molar-refractivity contribution in [1.82, 2.24) is 9.78 Å². The first-order valence-electron chi connectivity index (χ1n) is 5.62. The van der Waals surface area contributed by atoms with Crippen LogP contribution in [0.4, 0.5) is 5.69 Å². The van der Waals surface area contributed by atoms with E-state index in [4.69, 9.17) is 0 Å². The first kappa shape index (κ1) is 12.2. The number of hydrogen-bond donors (Lipinski definition) is 2. The predicted molar refractivity (Wildman–Crippen MR) is 68.4 cm³/mol. The number of aliphatic carboxylic acids is 1. The number of para-hydroxylation sites is 1. The minimum absolute atomic E-state index is 0.675. The quantitative estimate of drug-likeness (QED) is 0.864. The summed E-state index contributed by atoms with van der Waals surface area (Å²) in [6.45, 7) is 1.85. The summed E-state index contributed by atoms with van der Waals surface area (Å²) in [7, 11) is 1.79. The number of nitrogens with one attached hydrogen (secondary N) is 1. The van der Waals surface area contributed by atoms with Crippen LogP contribution in [0.15, 0.2) is 36.5 Å². The normalized spacial score (nSPS) is 12.1. The van der Waals surface area contributed by atoms with Gasteiger partial charge in [-0.3, -0.25) is 4.68 Å². The van der Waals surface area contributed by atoms with E-state index < -0.39 is 12.0 Å². The Balaban J connectivity index is 2.30. The molecule has 2 N–H and O–H groups in total. The highest BCUT2D eigenvalue weighted by molar-refractivity contribution is 5.79. The average Bonchev–Trinajstić information content (AvgIpc) is 2.68. The number of carbonyl (C=O) groups is 1. The Hall–Kier alpha value is -2.30. The summed E-state index contributed by atoms with van der Waals surface area (Å²) in [5.41, 5.74) is 2.29. The van der Waals surface area contributed by atoms with Crippen molar-refractivity contribution < 1.29 is 9.90 Å². The van der Waals surface area contributed by atoms with Crippen molar-refractivity contribution in [3.63, 3.8) is 0 Å². The fourth-order valence-electron chi connectivity index (χ4n) is 1.77. The highest BCUT2D eigenvalue weighted by Gasteiger charge is 2.23. The van der Waals surface area contributed by atoms with Crippen molar-refractivity contribution in [2.75, 3.05) is 5.32 Å². The predicted octanol–water partition coefficient (Wildman–Crippen LogP) is 1.97. The van der Waals surface area contributed by atoms with Crippen LogP contribution in [0, 0.1) is 6.92 Å². The van der Waals surface area contributed by atoms with Crippen molar-refractivity contribution in [1.29, 1.82) is 0 Å². The summed E-state index contributed by atoms with van der Waals surface area (Å²) >= 11 is 0. The number of nitrogens with zero attached hydrogens (tertiary/aromatic N) is 2. The molecule has 0 aliphatic rings. The van der Waals surface area contributed by atoms with Gasteiger partial charge in [-0.25, -0.2) is 4.79 Å². The Bertz CT molecular complexity index is 549. The fraction of sp³-hybridized carbons (Fsp3) is 0.231. The lowest BCUT2D eigenvalue weighted by Crippen LogP contribution is -2.21. The first-order valence-corrected chi connectivity index (χ1v) is 5.62. The number of hydrogen-bond acceptors (Lipinski definition) is 3. The van der Waals surface area contributed by atoms with Crippen LogP contribution in [0.1, 0.15) is 17.3 Å². The van der Waals surface area contributed by atoms with Crippen LogP contribution in [0.25, 0.3) is 0 Å². The molecule has 1 heterocycles. The summed E-state index contributed by atoms with van der Waals surface area (Å²) in [6, 6.07) is 8.48. The van der Waals surface area contributed by atoms with E-state index in [1.807, 2.05) is 37.3 Å². The molecule has 0 radical (unpaired) electrons. The van der Waals surface area contributed by atoms with Gasteiger partial charge in [-0.2, -0.15) is 5.10 Å². The number of aromatic nitrogens is 2. The highest BCUT2D eigenvalue weighted by Crippen LogP contribution is 2.22. The maximum atomic E-state index is 11.4. The smallest absolute Gasteiger partial charge is 0.330 e. The molecule has 1 aromatic carbocycles. The Morgan fingerprint density at radius 1 is 1.39 bits per heavy atom.